The number of nitrogens with zero attached hydrogens (tertiary/aromatic N) is 2. The molecule has 1 fully saturated rings. The van der Waals surface area contributed by atoms with E-state index in [1.165, 1.54) is 22.5 Å². The second-order valence-electron chi connectivity index (χ2n) is 7.83. The lowest BCUT2D eigenvalue weighted by atomic mass is 9.96. The van der Waals surface area contributed by atoms with Gasteiger partial charge in [0.1, 0.15) is 5.82 Å². The largest absolute Gasteiger partial charge is 0.416 e. The average Bonchev–Trinajstić information content (AvgIpc) is 2.81. The molecule has 1 aliphatic rings. The van der Waals surface area contributed by atoms with Crippen LogP contribution >= 0.6 is 0 Å². The molecule has 0 spiro atoms. The lowest BCUT2D eigenvalue weighted by Crippen LogP contribution is -2.49. The smallest absolute Gasteiger partial charge is 0.290 e. The summed E-state index contributed by atoms with van der Waals surface area (Å²) in [5.41, 5.74) is 0.859. The summed E-state index contributed by atoms with van der Waals surface area (Å²) < 4.78 is 79.9. The first kappa shape index (κ1) is 23.4. The van der Waals surface area contributed by atoms with Gasteiger partial charge in [0.2, 0.25) is 10.0 Å². The third-order valence-electron chi connectivity index (χ3n) is 5.74. The van der Waals surface area contributed by atoms with Crippen LogP contribution in [-0.2, 0) is 16.2 Å². The molecule has 9 heteroatoms. The van der Waals surface area contributed by atoms with E-state index in [2.05, 4.69) is 4.90 Å². The Morgan fingerprint density at radius 3 is 1.97 bits per heavy atom. The SMILES string of the molecule is O=S(=O)(c1cccc(C(F)(F)F)c1)N1CCN([C@H](c2ccccc2)c2ccc(F)cc2)CC1. The van der Waals surface area contributed by atoms with Crippen molar-refractivity contribution in [2.75, 3.05) is 26.2 Å². The maximum atomic E-state index is 13.5. The summed E-state index contributed by atoms with van der Waals surface area (Å²) in [5, 5.41) is 0. The Morgan fingerprint density at radius 1 is 0.758 bits per heavy atom. The summed E-state index contributed by atoms with van der Waals surface area (Å²) in [6, 6.07) is 19.4. The van der Waals surface area contributed by atoms with E-state index in [9.17, 15) is 26.0 Å². The number of piperazine rings is 1. The van der Waals surface area contributed by atoms with Gasteiger partial charge in [0.25, 0.3) is 0 Å². The van der Waals surface area contributed by atoms with Crippen LogP contribution in [0.1, 0.15) is 22.7 Å². The minimum Gasteiger partial charge on any atom is -0.290 e. The molecule has 1 heterocycles. The molecule has 174 valence electrons. The highest BCUT2D eigenvalue weighted by molar-refractivity contribution is 7.89. The minimum atomic E-state index is -4.62. The van der Waals surface area contributed by atoms with E-state index in [-0.39, 0.29) is 29.8 Å². The molecule has 1 atom stereocenters. The van der Waals surface area contributed by atoms with Gasteiger partial charge in [0, 0.05) is 26.2 Å². The molecule has 0 unspecified atom stereocenters. The molecule has 1 aliphatic heterocycles. The average molecular weight is 479 g/mol. The van der Waals surface area contributed by atoms with Crippen LogP contribution in [-0.4, -0.2) is 43.8 Å². The molecular formula is C24H22F4N2O2S. The predicted molar refractivity (Wildman–Crippen MR) is 116 cm³/mol. The Labute approximate surface area is 190 Å². The number of halogens is 4. The molecule has 0 aromatic heterocycles. The zero-order valence-electron chi connectivity index (χ0n) is 17.5. The fourth-order valence-corrected chi connectivity index (χ4v) is 5.55. The third-order valence-corrected chi connectivity index (χ3v) is 7.63. The summed E-state index contributed by atoms with van der Waals surface area (Å²) in [6.07, 6.45) is -4.62. The zero-order valence-corrected chi connectivity index (χ0v) is 18.4. The first-order valence-corrected chi connectivity index (χ1v) is 11.8. The summed E-state index contributed by atoms with van der Waals surface area (Å²) in [5.74, 6) is -0.345. The van der Waals surface area contributed by atoms with Crippen molar-refractivity contribution in [3.05, 3.63) is 101 Å². The first-order chi connectivity index (χ1) is 15.7. The fraction of sp³-hybridized carbons (Fsp3) is 0.250. The van der Waals surface area contributed by atoms with Crippen molar-refractivity contribution in [3.63, 3.8) is 0 Å². The molecule has 0 amide bonds. The number of hydrogen-bond donors (Lipinski definition) is 0. The lowest BCUT2D eigenvalue weighted by Gasteiger charge is -2.39. The third kappa shape index (κ3) is 5.10. The molecule has 3 aromatic rings. The van der Waals surface area contributed by atoms with Crippen molar-refractivity contribution < 1.29 is 26.0 Å². The summed E-state index contributed by atoms with van der Waals surface area (Å²) in [7, 11) is -4.07. The van der Waals surface area contributed by atoms with E-state index in [0.717, 1.165) is 23.3 Å². The van der Waals surface area contributed by atoms with Gasteiger partial charge in [-0.2, -0.15) is 17.5 Å². The van der Waals surface area contributed by atoms with Gasteiger partial charge in [-0.15, -0.1) is 0 Å². The van der Waals surface area contributed by atoms with Crippen LogP contribution in [0.5, 0.6) is 0 Å². The van der Waals surface area contributed by atoms with E-state index in [4.69, 9.17) is 0 Å². The standard InChI is InChI=1S/C24H22F4N2O2S/c25-21-11-9-19(10-12-21)23(18-5-2-1-3-6-18)29-13-15-30(16-14-29)33(31,32)22-8-4-7-20(17-22)24(26,27)28/h1-12,17,23H,13-16H2/t23-/m1/s1. The molecule has 33 heavy (non-hydrogen) atoms. The highest BCUT2D eigenvalue weighted by Crippen LogP contribution is 2.33. The molecule has 4 rings (SSSR count). The van der Waals surface area contributed by atoms with Crippen LogP contribution in [0.25, 0.3) is 0 Å². The van der Waals surface area contributed by atoms with Crippen molar-refractivity contribution in [1.82, 2.24) is 9.21 Å². The Hall–Kier alpha value is -2.75. The normalized spacial score (nSPS) is 17.1. The van der Waals surface area contributed by atoms with Crippen molar-refractivity contribution >= 4 is 10.0 Å². The molecule has 0 saturated carbocycles. The highest BCUT2D eigenvalue weighted by Gasteiger charge is 2.35. The number of sulfonamides is 1. The fourth-order valence-electron chi connectivity index (χ4n) is 4.08. The van der Waals surface area contributed by atoms with E-state index >= 15 is 0 Å². The Morgan fingerprint density at radius 2 is 1.36 bits per heavy atom. The minimum absolute atomic E-state index is 0.128. The summed E-state index contributed by atoms with van der Waals surface area (Å²) in [6.45, 7) is 0.996. The quantitative estimate of drug-likeness (QED) is 0.488. The second-order valence-corrected chi connectivity index (χ2v) is 9.77. The van der Waals surface area contributed by atoms with Crippen LogP contribution in [0.15, 0.2) is 83.8 Å². The van der Waals surface area contributed by atoms with Gasteiger partial charge < -0.3 is 0 Å². The number of rotatable bonds is 5. The van der Waals surface area contributed by atoms with E-state index in [1.807, 2.05) is 30.3 Å². The van der Waals surface area contributed by atoms with Gasteiger partial charge >= 0.3 is 6.18 Å². The van der Waals surface area contributed by atoms with Gasteiger partial charge in [-0.1, -0.05) is 48.5 Å². The second kappa shape index (κ2) is 9.24. The van der Waals surface area contributed by atoms with Crippen molar-refractivity contribution in [3.8, 4) is 0 Å². The molecule has 0 aliphatic carbocycles. The van der Waals surface area contributed by atoms with Gasteiger partial charge in [-0.3, -0.25) is 4.90 Å². The maximum absolute atomic E-state index is 13.5. The Bertz CT molecular complexity index is 1190. The molecule has 3 aromatic carbocycles. The van der Waals surface area contributed by atoms with E-state index in [0.29, 0.717) is 19.2 Å². The number of hydrogen-bond acceptors (Lipinski definition) is 3. The molecule has 1 saturated heterocycles. The predicted octanol–water partition coefficient (Wildman–Crippen LogP) is 4.94. The summed E-state index contributed by atoms with van der Waals surface area (Å²) in [4.78, 5) is 1.73. The Kier molecular flexibility index (Phi) is 6.56. The van der Waals surface area contributed by atoms with Crippen molar-refractivity contribution in [2.45, 2.75) is 17.1 Å². The van der Waals surface area contributed by atoms with Crippen molar-refractivity contribution in [1.29, 1.82) is 0 Å². The zero-order chi connectivity index (χ0) is 23.6. The molecule has 4 nitrogen and oxygen atoms in total. The number of benzene rings is 3. The van der Waals surface area contributed by atoms with E-state index < -0.39 is 21.8 Å². The first-order valence-electron chi connectivity index (χ1n) is 10.4. The number of alkyl halides is 3. The molecule has 0 bridgehead atoms. The van der Waals surface area contributed by atoms with E-state index in [1.54, 1.807) is 12.1 Å². The van der Waals surface area contributed by atoms with Gasteiger partial charge in [0.15, 0.2) is 0 Å². The van der Waals surface area contributed by atoms with Crippen LogP contribution in [0, 0.1) is 5.82 Å². The summed E-state index contributed by atoms with van der Waals surface area (Å²) >= 11 is 0. The molecular weight excluding hydrogens is 456 g/mol. The van der Waals surface area contributed by atoms with Crippen LogP contribution in [0.4, 0.5) is 17.6 Å². The lowest BCUT2D eigenvalue weighted by molar-refractivity contribution is -0.137. The van der Waals surface area contributed by atoms with Gasteiger partial charge in [-0.25, -0.2) is 12.8 Å². The topological polar surface area (TPSA) is 40.6 Å². The molecule has 0 radical (unpaired) electrons. The van der Waals surface area contributed by atoms with Gasteiger partial charge in [-0.05, 0) is 41.5 Å². The van der Waals surface area contributed by atoms with Crippen LogP contribution in [0.3, 0.4) is 0 Å². The Balaban J connectivity index is 1.56. The maximum Gasteiger partial charge on any atom is 0.416 e. The van der Waals surface area contributed by atoms with Crippen LogP contribution < -0.4 is 0 Å². The van der Waals surface area contributed by atoms with Gasteiger partial charge in [0.05, 0.1) is 16.5 Å². The monoisotopic (exact) mass is 478 g/mol. The molecule has 0 N–H and O–H groups in total. The van der Waals surface area contributed by atoms with Crippen LogP contribution in [0.2, 0.25) is 0 Å². The van der Waals surface area contributed by atoms with Crippen molar-refractivity contribution in [2.24, 2.45) is 0 Å². The highest BCUT2D eigenvalue weighted by atomic mass is 32.2.